The van der Waals surface area contributed by atoms with Crippen molar-refractivity contribution in [3.05, 3.63) is 77.6 Å². The average molecular weight is 441 g/mol. The summed E-state index contributed by atoms with van der Waals surface area (Å²) < 4.78 is 3.46. The highest BCUT2D eigenvalue weighted by atomic mass is 32.2. The van der Waals surface area contributed by atoms with Gasteiger partial charge >= 0.3 is 0 Å². The summed E-state index contributed by atoms with van der Waals surface area (Å²) in [6.07, 6.45) is 4.14. The van der Waals surface area contributed by atoms with Gasteiger partial charge in [0.2, 0.25) is 0 Å². The fourth-order valence-electron chi connectivity index (χ4n) is 3.92. The first-order chi connectivity index (χ1) is 15.0. The molecule has 0 aromatic heterocycles. The van der Waals surface area contributed by atoms with Gasteiger partial charge in [0.05, 0.1) is 12.6 Å². The number of piperidine rings is 1. The van der Waals surface area contributed by atoms with Crippen molar-refractivity contribution in [1.29, 1.82) is 0 Å². The third kappa shape index (κ3) is 7.49. The second-order valence-corrected chi connectivity index (χ2v) is 9.86. The Labute approximate surface area is 191 Å². The maximum absolute atomic E-state index is 9.68. The predicted molar refractivity (Wildman–Crippen MR) is 133 cm³/mol. The molecule has 0 aliphatic carbocycles. The lowest BCUT2D eigenvalue weighted by atomic mass is 9.89. The van der Waals surface area contributed by atoms with Gasteiger partial charge in [-0.25, -0.2) is 0 Å². The van der Waals surface area contributed by atoms with E-state index in [-0.39, 0.29) is 12.6 Å². The first-order valence-corrected chi connectivity index (χ1v) is 12.0. The summed E-state index contributed by atoms with van der Waals surface area (Å²) >= 11 is 1.75. The van der Waals surface area contributed by atoms with Gasteiger partial charge in [-0.15, -0.1) is 0 Å². The van der Waals surface area contributed by atoms with E-state index >= 15 is 0 Å². The van der Waals surface area contributed by atoms with Gasteiger partial charge in [-0.3, -0.25) is 4.90 Å². The quantitative estimate of drug-likeness (QED) is 0.409. The monoisotopic (exact) mass is 440 g/mol. The van der Waals surface area contributed by atoms with Crippen LogP contribution in [0, 0.1) is 0 Å². The molecule has 1 heterocycles. The molecular formula is C25H36N4OS. The minimum absolute atomic E-state index is 0.0305. The first-order valence-electron chi connectivity index (χ1n) is 11.2. The zero-order chi connectivity index (χ0) is 22.1. The number of benzene rings is 2. The van der Waals surface area contributed by atoms with Crippen molar-refractivity contribution in [2.75, 3.05) is 31.0 Å². The number of hydrogen-bond acceptors (Lipinski definition) is 6. The molecule has 5 nitrogen and oxygen atoms in total. The molecule has 1 unspecified atom stereocenters. The Morgan fingerprint density at radius 3 is 2.58 bits per heavy atom. The summed E-state index contributed by atoms with van der Waals surface area (Å²) in [5.74, 6) is 0.599. The fraction of sp³-hybridized carbons (Fsp3) is 0.440. The summed E-state index contributed by atoms with van der Waals surface area (Å²) in [7, 11) is 0. The van der Waals surface area contributed by atoms with Crippen molar-refractivity contribution in [2.45, 2.75) is 43.9 Å². The Hall–Kier alpha value is -2.15. The molecule has 3 rings (SSSR count). The van der Waals surface area contributed by atoms with Crippen molar-refractivity contribution in [1.82, 2.24) is 10.2 Å². The van der Waals surface area contributed by atoms with E-state index in [1.165, 1.54) is 11.3 Å². The van der Waals surface area contributed by atoms with E-state index in [0.717, 1.165) is 43.7 Å². The summed E-state index contributed by atoms with van der Waals surface area (Å²) in [6, 6.07) is 18.7. The van der Waals surface area contributed by atoms with Crippen LogP contribution in [-0.2, 0) is 0 Å². The minimum atomic E-state index is -0.139. The van der Waals surface area contributed by atoms with Crippen molar-refractivity contribution in [3.63, 3.8) is 0 Å². The van der Waals surface area contributed by atoms with E-state index in [4.69, 9.17) is 5.73 Å². The Bertz CT molecular complexity index is 819. The number of aliphatic hydroxyl groups is 1. The summed E-state index contributed by atoms with van der Waals surface area (Å²) in [5.41, 5.74) is 10.7. The number of nitrogens with two attached hydrogens (primary N) is 1. The number of anilines is 1. The van der Waals surface area contributed by atoms with E-state index in [0.29, 0.717) is 11.2 Å². The molecule has 5 N–H and O–H groups in total. The van der Waals surface area contributed by atoms with Gasteiger partial charge in [-0.1, -0.05) is 56.3 Å². The van der Waals surface area contributed by atoms with Crippen molar-refractivity contribution in [3.8, 4) is 0 Å². The van der Waals surface area contributed by atoms with Crippen LogP contribution >= 0.6 is 11.9 Å². The molecule has 1 aliphatic heterocycles. The average Bonchev–Trinajstić information content (AvgIpc) is 2.79. The molecule has 0 saturated carbocycles. The molecule has 6 heteroatoms. The largest absolute Gasteiger partial charge is 0.400 e. The third-order valence-electron chi connectivity index (χ3n) is 5.62. The fourth-order valence-corrected chi connectivity index (χ4v) is 4.42. The van der Waals surface area contributed by atoms with Crippen molar-refractivity contribution >= 4 is 17.6 Å². The predicted octanol–water partition coefficient (Wildman–Crippen LogP) is 4.46. The van der Waals surface area contributed by atoms with Gasteiger partial charge < -0.3 is 20.9 Å². The topological polar surface area (TPSA) is 73.5 Å². The van der Waals surface area contributed by atoms with Crippen LogP contribution in [0.1, 0.15) is 49.8 Å². The van der Waals surface area contributed by atoms with Crippen LogP contribution in [0.3, 0.4) is 0 Å². The number of nitrogens with one attached hydrogen (secondary N) is 2. The summed E-state index contributed by atoms with van der Waals surface area (Å²) in [5, 5.41) is 13.5. The normalized spacial score (nSPS) is 17.0. The first kappa shape index (κ1) is 23.5. The van der Waals surface area contributed by atoms with Gasteiger partial charge in [0.15, 0.2) is 0 Å². The van der Waals surface area contributed by atoms with E-state index in [1.807, 2.05) is 36.5 Å². The SMILES string of the molecule is CC(C)SNc1cccc(C2CCN(C/C(N)=C/NC(CO)c3ccccc3)CC2)c1. The maximum atomic E-state index is 9.68. The number of likely N-dealkylation sites (tertiary alicyclic amines) is 1. The molecule has 1 fully saturated rings. The zero-order valence-electron chi connectivity index (χ0n) is 18.6. The highest BCUT2D eigenvalue weighted by Crippen LogP contribution is 2.30. The third-order valence-corrected chi connectivity index (χ3v) is 6.44. The molecule has 31 heavy (non-hydrogen) atoms. The Balaban J connectivity index is 1.47. The van der Waals surface area contributed by atoms with Gasteiger partial charge in [-0.2, -0.15) is 0 Å². The van der Waals surface area contributed by atoms with Gasteiger partial charge in [0, 0.05) is 29.4 Å². The van der Waals surface area contributed by atoms with Crippen LogP contribution in [0.25, 0.3) is 0 Å². The lowest BCUT2D eigenvalue weighted by molar-refractivity contribution is 0.226. The van der Waals surface area contributed by atoms with Gasteiger partial charge in [-0.05, 0) is 67.1 Å². The number of aliphatic hydroxyl groups excluding tert-OH is 1. The number of hydrogen-bond donors (Lipinski definition) is 4. The molecule has 0 amide bonds. The highest BCUT2D eigenvalue weighted by Gasteiger charge is 2.21. The molecule has 0 radical (unpaired) electrons. The second kappa shape index (κ2) is 12.0. The summed E-state index contributed by atoms with van der Waals surface area (Å²) in [4.78, 5) is 2.41. The molecule has 168 valence electrons. The smallest absolute Gasteiger partial charge is 0.0740 e. The Morgan fingerprint density at radius 1 is 1.16 bits per heavy atom. The molecule has 1 aliphatic rings. The molecule has 2 aromatic carbocycles. The standard InChI is InChI=1S/C25H36N4OS/c1-19(2)31-28-24-10-6-9-22(15-24)20-11-13-29(14-12-20)17-23(26)16-27-25(18-30)21-7-4-3-5-8-21/h3-10,15-16,19-20,25,27-28,30H,11-14,17-18,26H2,1-2H3/b23-16-. The van der Waals surface area contributed by atoms with Crippen LogP contribution in [0.5, 0.6) is 0 Å². The Kier molecular flexibility index (Phi) is 9.13. The Morgan fingerprint density at radius 2 is 1.90 bits per heavy atom. The van der Waals surface area contributed by atoms with Crippen LogP contribution < -0.4 is 15.8 Å². The molecule has 1 atom stereocenters. The van der Waals surface area contributed by atoms with Crippen LogP contribution in [0.2, 0.25) is 0 Å². The number of rotatable bonds is 10. The zero-order valence-corrected chi connectivity index (χ0v) is 19.4. The summed E-state index contributed by atoms with van der Waals surface area (Å²) in [6.45, 7) is 7.25. The van der Waals surface area contributed by atoms with E-state index < -0.39 is 0 Å². The molecule has 2 aromatic rings. The van der Waals surface area contributed by atoms with Crippen LogP contribution in [0.15, 0.2) is 66.5 Å². The van der Waals surface area contributed by atoms with Crippen molar-refractivity contribution < 1.29 is 5.11 Å². The lowest BCUT2D eigenvalue weighted by Crippen LogP contribution is -2.36. The molecule has 1 saturated heterocycles. The lowest BCUT2D eigenvalue weighted by Gasteiger charge is -2.32. The van der Waals surface area contributed by atoms with E-state index in [9.17, 15) is 5.11 Å². The van der Waals surface area contributed by atoms with E-state index in [2.05, 4.69) is 53.1 Å². The minimum Gasteiger partial charge on any atom is -0.400 e. The van der Waals surface area contributed by atoms with Gasteiger partial charge in [0.25, 0.3) is 0 Å². The molecule has 0 bridgehead atoms. The van der Waals surface area contributed by atoms with Crippen LogP contribution in [0.4, 0.5) is 5.69 Å². The van der Waals surface area contributed by atoms with Crippen LogP contribution in [-0.4, -0.2) is 41.5 Å². The second-order valence-electron chi connectivity index (χ2n) is 8.48. The highest BCUT2D eigenvalue weighted by molar-refractivity contribution is 8.01. The van der Waals surface area contributed by atoms with Crippen molar-refractivity contribution in [2.24, 2.45) is 5.73 Å². The maximum Gasteiger partial charge on any atom is 0.0740 e. The molecular weight excluding hydrogens is 404 g/mol. The van der Waals surface area contributed by atoms with Gasteiger partial charge in [0.1, 0.15) is 0 Å². The molecule has 0 spiro atoms. The van der Waals surface area contributed by atoms with E-state index in [1.54, 1.807) is 11.9 Å². The number of nitrogens with zero attached hydrogens (tertiary/aromatic N) is 1.